The number of anilines is 1. The number of imidazole rings is 1. The van der Waals surface area contributed by atoms with E-state index in [1.54, 1.807) is 17.4 Å². The quantitative estimate of drug-likeness (QED) is 0.869. The highest BCUT2D eigenvalue weighted by atomic mass is 32.2. The number of nitrogens with zero attached hydrogens (tertiary/aromatic N) is 3. The van der Waals surface area contributed by atoms with Crippen molar-refractivity contribution in [2.45, 2.75) is 0 Å². The van der Waals surface area contributed by atoms with Crippen molar-refractivity contribution >= 4 is 21.7 Å². The van der Waals surface area contributed by atoms with E-state index >= 15 is 0 Å². The summed E-state index contributed by atoms with van der Waals surface area (Å²) >= 11 is 0. The molecule has 2 amide bonds. The summed E-state index contributed by atoms with van der Waals surface area (Å²) in [6, 6.07) is 7.22. The Kier molecular flexibility index (Phi) is 4.54. The highest BCUT2D eigenvalue weighted by Crippen LogP contribution is 2.20. The Morgan fingerprint density at radius 2 is 2.00 bits per heavy atom. The number of benzene rings is 1. The molecule has 2 heterocycles. The normalized spacial score (nSPS) is 16.1. The fourth-order valence-electron chi connectivity index (χ4n) is 2.60. The van der Waals surface area contributed by atoms with E-state index in [2.05, 4.69) is 15.3 Å². The molecule has 24 heavy (non-hydrogen) atoms. The Morgan fingerprint density at radius 1 is 1.25 bits per heavy atom. The molecule has 2 N–H and O–H groups in total. The zero-order valence-corrected chi connectivity index (χ0v) is 14.1. The van der Waals surface area contributed by atoms with Crippen molar-refractivity contribution in [3.8, 4) is 11.3 Å². The molecule has 8 nitrogen and oxygen atoms in total. The van der Waals surface area contributed by atoms with Gasteiger partial charge in [-0.3, -0.25) is 0 Å². The summed E-state index contributed by atoms with van der Waals surface area (Å²) in [4.78, 5) is 21.0. The van der Waals surface area contributed by atoms with E-state index in [4.69, 9.17) is 0 Å². The van der Waals surface area contributed by atoms with Gasteiger partial charge in [0.2, 0.25) is 10.0 Å². The molecular formula is C15H19N5O3S. The molecule has 0 atom stereocenters. The molecule has 1 aliphatic heterocycles. The van der Waals surface area contributed by atoms with Gasteiger partial charge in [0.25, 0.3) is 0 Å². The van der Waals surface area contributed by atoms with Crippen LogP contribution in [0.3, 0.4) is 0 Å². The standard InChI is InChI=1S/C15H19N5O3S/c1-24(22,23)20-7-5-19(6-8-20)15(21)18-13-4-2-3-12(9-13)14-10-16-11-17-14/h2-4,9-11H,5-8H2,1H3,(H,16,17)(H,18,21). The van der Waals surface area contributed by atoms with Gasteiger partial charge in [-0.05, 0) is 12.1 Å². The molecule has 0 radical (unpaired) electrons. The number of carbonyl (C=O) groups is 1. The van der Waals surface area contributed by atoms with E-state index < -0.39 is 10.0 Å². The summed E-state index contributed by atoms with van der Waals surface area (Å²) in [7, 11) is -3.20. The summed E-state index contributed by atoms with van der Waals surface area (Å²) in [6.07, 6.45) is 4.50. The Labute approximate surface area is 140 Å². The molecule has 128 valence electrons. The third-order valence-electron chi connectivity index (χ3n) is 3.92. The fraction of sp³-hybridized carbons (Fsp3) is 0.333. The third-order valence-corrected chi connectivity index (χ3v) is 5.22. The van der Waals surface area contributed by atoms with Crippen molar-refractivity contribution in [1.82, 2.24) is 19.2 Å². The van der Waals surface area contributed by atoms with E-state index in [9.17, 15) is 13.2 Å². The van der Waals surface area contributed by atoms with Crippen LogP contribution < -0.4 is 5.32 Å². The fourth-order valence-corrected chi connectivity index (χ4v) is 3.43. The van der Waals surface area contributed by atoms with Crippen LogP contribution in [0, 0.1) is 0 Å². The number of amides is 2. The molecule has 0 saturated carbocycles. The molecule has 3 rings (SSSR count). The number of nitrogens with one attached hydrogen (secondary N) is 2. The minimum absolute atomic E-state index is 0.232. The molecule has 0 bridgehead atoms. The molecule has 1 aliphatic rings. The number of aromatic amines is 1. The maximum atomic E-state index is 12.3. The predicted octanol–water partition coefficient (Wildman–Crippen LogP) is 1.19. The van der Waals surface area contributed by atoms with Crippen LogP contribution in [-0.4, -0.2) is 66.1 Å². The van der Waals surface area contributed by atoms with Crippen molar-refractivity contribution in [1.29, 1.82) is 0 Å². The highest BCUT2D eigenvalue weighted by Gasteiger charge is 2.26. The maximum Gasteiger partial charge on any atom is 0.321 e. The van der Waals surface area contributed by atoms with Gasteiger partial charge in [-0.2, -0.15) is 4.31 Å². The van der Waals surface area contributed by atoms with E-state index in [0.717, 1.165) is 11.3 Å². The van der Waals surface area contributed by atoms with Gasteiger partial charge >= 0.3 is 6.03 Å². The van der Waals surface area contributed by atoms with Gasteiger partial charge in [0.05, 0.1) is 24.5 Å². The first-order chi connectivity index (χ1) is 11.4. The molecule has 0 unspecified atom stereocenters. The Bertz CT molecular complexity index is 811. The lowest BCUT2D eigenvalue weighted by Gasteiger charge is -2.33. The lowest BCUT2D eigenvalue weighted by Crippen LogP contribution is -2.51. The van der Waals surface area contributed by atoms with Gasteiger partial charge in [-0.25, -0.2) is 18.2 Å². The Morgan fingerprint density at radius 3 is 2.62 bits per heavy atom. The molecule has 1 saturated heterocycles. The van der Waals surface area contributed by atoms with Crippen molar-refractivity contribution in [3.05, 3.63) is 36.8 Å². The van der Waals surface area contributed by atoms with Gasteiger partial charge in [0, 0.05) is 37.4 Å². The summed E-state index contributed by atoms with van der Waals surface area (Å²) < 4.78 is 24.4. The van der Waals surface area contributed by atoms with Crippen LogP contribution in [0.25, 0.3) is 11.3 Å². The molecule has 0 spiro atoms. The molecule has 9 heteroatoms. The number of H-pyrrole nitrogens is 1. The zero-order valence-electron chi connectivity index (χ0n) is 13.3. The van der Waals surface area contributed by atoms with Gasteiger partial charge in [-0.15, -0.1) is 0 Å². The van der Waals surface area contributed by atoms with Crippen LogP contribution in [0.5, 0.6) is 0 Å². The third kappa shape index (κ3) is 3.74. The molecule has 1 fully saturated rings. The van der Waals surface area contributed by atoms with E-state index in [1.807, 2.05) is 24.3 Å². The SMILES string of the molecule is CS(=O)(=O)N1CCN(C(=O)Nc2cccc(-c3cnc[nH]3)c2)CC1. The van der Waals surface area contributed by atoms with E-state index in [1.165, 1.54) is 10.6 Å². The average molecular weight is 349 g/mol. The van der Waals surface area contributed by atoms with Crippen LogP contribution >= 0.6 is 0 Å². The number of urea groups is 1. The summed E-state index contributed by atoms with van der Waals surface area (Å²) in [5.74, 6) is 0. The summed E-state index contributed by atoms with van der Waals surface area (Å²) in [5, 5.41) is 2.85. The maximum absolute atomic E-state index is 12.3. The Hall–Kier alpha value is -2.39. The second-order valence-corrected chi connectivity index (χ2v) is 7.61. The van der Waals surface area contributed by atoms with E-state index in [0.29, 0.717) is 31.9 Å². The topological polar surface area (TPSA) is 98.4 Å². The molecule has 0 aliphatic carbocycles. The van der Waals surface area contributed by atoms with Crippen molar-refractivity contribution < 1.29 is 13.2 Å². The lowest BCUT2D eigenvalue weighted by molar-refractivity contribution is 0.184. The first-order valence-electron chi connectivity index (χ1n) is 7.53. The lowest BCUT2D eigenvalue weighted by atomic mass is 10.1. The number of rotatable bonds is 3. The first kappa shape index (κ1) is 16.5. The van der Waals surface area contributed by atoms with Gasteiger partial charge in [0.15, 0.2) is 0 Å². The number of carbonyl (C=O) groups excluding carboxylic acids is 1. The van der Waals surface area contributed by atoms with Crippen LogP contribution in [0.2, 0.25) is 0 Å². The van der Waals surface area contributed by atoms with Crippen molar-refractivity contribution in [2.24, 2.45) is 0 Å². The summed E-state index contributed by atoms with van der Waals surface area (Å²) in [5.41, 5.74) is 2.47. The van der Waals surface area contributed by atoms with Crippen LogP contribution in [0.4, 0.5) is 10.5 Å². The van der Waals surface area contributed by atoms with Crippen molar-refractivity contribution in [3.63, 3.8) is 0 Å². The number of piperazine rings is 1. The molecule has 1 aromatic heterocycles. The smallest absolute Gasteiger partial charge is 0.321 e. The molecule has 2 aromatic rings. The average Bonchev–Trinajstić information content (AvgIpc) is 3.09. The number of hydrogen-bond acceptors (Lipinski definition) is 4. The second kappa shape index (κ2) is 6.62. The van der Waals surface area contributed by atoms with Crippen LogP contribution in [-0.2, 0) is 10.0 Å². The van der Waals surface area contributed by atoms with Gasteiger partial charge < -0.3 is 15.2 Å². The molecular weight excluding hydrogens is 330 g/mol. The number of aromatic nitrogens is 2. The predicted molar refractivity (Wildman–Crippen MR) is 91.0 cm³/mol. The Balaban J connectivity index is 1.63. The van der Waals surface area contributed by atoms with Gasteiger partial charge in [0.1, 0.15) is 0 Å². The van der Waals surface area contributed by atoms with Crippen molar-refractivity contribution in [2.75, 3.05) is 37.8 Å². The van der Waals surface area contributed by atoms with E-state index in [-0.39, 0.29) is 6.03 Å². The number of hydrogen-bond donors (Lipinski definition) is 2. The first-order valence-corrected chi connectivity index (χ1v) is 9.38. The second-order valence-electron chi connectivity index (χ2n) is 5.63. The highest BCUT2D eigenvalue weighted by molar-refractivity contribution is 7.88. The zero-order chi connectivity index (χ0) is 17.2. The minimum atomic E-state index is -3.20. The molecule has 1 aromatic carbocycles. The monoisotopic (exact) mass is 349 g/mol. The van der Waals surface area contributed by atoms with Crippen LogP contribution in [0.1, 0.15) is 0 Å². The minimum Gasteiger partial charge on any atom is -0.345 e. The summed E-state index contributed by atoms with van der Waals surface area (Å²) in [6.45, 7) is 1.39. The van der Waals surface area contributed by atoms with Crippen LogP contribution in [0.15, 0.2) is 36.8 Å². The largest absolute Gasteiger partial charge is 0.345 e. The number of sulfonamides is 1. The van der Waals surface area contributed by atoms with Gasteiger partial charge in [-0.1, -0.05) is 12.1 Å².